The SMILES string of the molecule is CCC(C(=O)OCCN(CC)CC)c1ccccc1.O=C(O)CC(O)(CC(=O)O)C(=O)O. The number of rotatable bonds is 13. The molecule has 4 N–H and O–H groups in total. The van der Waals surface area contributed by atoms with Gasteiger partial charge in [-0.05, 0) is 25.1 Å². The van der Waals surface area contributed by atoms with Gasteiger partial charge in [0, 0.05) is 6.54 Å². The predicted octanol–water partition coefficient (Wildman–Crippen LogP) is 1.82. The van der Waals surface area contributed by atoms with Crippen molar-refractivity contribution in [1.29, 1.82) is 0 Å². The Labute approximate surface area is 187 Å². The lowest BCUT2D eigenvalue weighted by atomic mass is 9.96. The molecule has 0 fully saturated rings. The third-order valence-electron chi connectivity index (χ3n) is 4.73. The van der Waals surface area contributed by atoms with Crippen LogP contribution in [0.4, 0.5) is 0 Å². The van der Waals surface area contributed by atoms with Gasteiger partial charge >= 0.3 is 23.9 Å². The zero-order chi connectivity index (χ0) is 24.7. The van der Waals surface area contributed by atoms with Crippen LogP contribution in [0.15, 0.2) is 30.3 Å². The number of hydrogen-bond acceptors (Lipinski definition) is 7. The summed E-state index contributed by atoms with van der Waals surface area (Å²) in [6.45, 7) is 9.51. The van der Waals surface area contributed by atoms with Gasteiger partial charge in [-0.3, -0.25) is 14.4 Å². The highest BCUT2D eigenvalue weighted by molar-refractivity contribution is 5.88. The Morgan fingerprint density at radius 3 is 1.81 bits per heavy atom. The fraction of sp³-hybridized carbons (Fsp3) is 0.545. The number of carboxylic acid groups (broad SMARTS) is 3. The molecule has 0 heterocycles. The third-order valence-corrected chi connectivity index (χ3v) is 4.73. The molecule has 0 radical (unpaired) electrons. The van der Waals surface area contributed by atoms with Crippen LogP contribution in [0, 0.1) is 0 Å². The maximum atomic E-state index is 12.1. The van der Waals surface area contributed by atoms with E-state index in [1.54, 1.807) is 0 Å². The summed E-state index contributed by atoms with van der Waals surface area (Å²) in [7, 11) is 0. The summed E-state index contributed by atoms with van der Waals surface area (Å²) >= 11 is 0. The van der Waals surface area contributed by atoms with Gasteiger partial charge in [-0.1, -0.05) is 51.1 Å². The summed E-state index contributed by atoms with van der Waals surface area (Å²) < 4.78 is 5.40. The summed E-state index contributed by atoms with van der Waals surface area (Å²) in [5.74, 6) is -5.27. The number of nitrogens with zero attached hydrogens (tertiary/aromatic N) is 1. The first kappa shape index (κ1) is 29.0. The van der Waals surface area contributed by atoms with Gasteiger partial charge in [-0.25, -0.2) is 4.79 Å². The second kappa shape index (κ2) is 14.9. The van der Waals surface area contributed by atoms with Crippen LogP contribution in [0.2, 0.25) is 0 Å². The van der Waals surface area contributed by atoms with E-state index in [0.29, 0.717) is 6.61 Å². The fourth-order valence-corrected chi connectivity index (χ4v) is 2.85. The van der Waals surface area contributed by atoms with Gasteiger partial charge in [0.2, 0.25) is 0 Å². The summed E-state index contributed by atoms with van der Waals surface area (Å²) in [5, 5.41) is 33.8. The van der Waals surface area contributed by atoms with Crippen LogP contribution in [0.3, 0.4) is 0 Å². The maximum absolute atomic E-state index is 12.1. The molecule has 10 heteroatoms. The molecular formula is C22H33NO9. The average Bonchev–Trinajstić information content (AvgIpc) is 2.72. The first-order chi connectivity index (χ1) is 15.0. The zero-order valence-electron chi connectivity index (χ0n) is 18.7. The first-order valence-electron chi connectivity index (χ1n) is 10.3. The summed E-state index contributed by atoms with van der Waals surface area (Å²) in [5.41, 5.74) is -1.70. The van der Waals surface area contributed by atoms with Crippen LogP contribution >= 0.6 is 0 Å². The van der Waals surface area contributed by atoms with Crippen molar-refractivity contribution in [3.63, 3.8) is 0 Å². The molecule has 1 rings (SSSR count). The van der Waals surface area contributed by atoms with Crippen molar-refractivity contribution in [2.45, 2.75) is 51.6 Å². The molecule has 0 saturated carbocycles. The molecule has 10 nitrogen and oxygen atoms in total. The van der Waals surface area contributed by atoms with Crippen molar-refractivity contribution >= 4 is 23.9 Å². The van der Waals surface area contributed by atoms with Crippen LogP contribution in [0.25, 0.3) is 0 Å². The molecule has 0 spiro atoms. The van der Waals surface area contributed by atoms with Crippen molar-refractivity contribution < 1.29 is 44.3 Å². The predicted molar refractivity (Wildman–Crippen MR) is 115 cm³/mol. The molecule has 0 aliphatic carbocycles. The number of carbonyl (C=O) groups excluding carboxylic acids is 1. The maximum Gasteiger partial charge on any atom is 0.336 e. The molecular weight excluding hydrogens is 422 g/mol. The standard InChI is InChI=1S/C16H25NO2.C6H8O7/c1-4-15(14-10-8-7-9-11-14)16(18)19-13-12-17(5-2)6-3;7-3(8)1-6(13,5(11)12)2-4(9)10/h7-11,15H,4-6,12-13H2,1-3H3;13H,1-2H2,(H,7,8)(H,9,10)(H,11,12). The Morgan fingerprint density at radius 2 is 1.44 bits per heavy atom. The van der Waals surface area contributed by atoms with E-state index >= 15 is 0 Å². The minimum Gasteiger partial charge on any atom is -0.481 e. The van der Waals surface area contributed by atoms with Gasteiger partial charge in [-0.2, -0.15) is 0 Å². The monoisotopic (exact) mass is 455 g/mol. The van der Waals surface area contributed by atoms with Gasteiger partial charge in [0.25, 0.3) is 0 Å². The topological polar surface area (TPSA) is 162 Å². The van der Waals surface area contributed by atoms with Crippen molar-refractivity contribution in [1.82, 2.24) is 4.90 Å². The molecule has 180 valence electrons. The second-order valence-electron chi connectivity index (χ2n) is 7.04. The molecule has 0 bridgehead atoms. The van der Waals surface area contributed by atoms with Crippen molar-refractivity contribution in [2.75, 3.05) is 26.2 Å². The number of likely N-dealkylation sites (N-methyl/N-ethyl adjacent to an activating group) is 1. The number of ether oxygens (including phenoxy) is 1. The minimum absolute atomic E-state index is 0.110. The van der Waals surface area contributed by atoms with Crippen LogP contribution in [0.5, 0.6) is 0 Å². The van der Waals surface area contributed by atoms with E-state index < -0.39 is 36.4 Å². The normalized spacial score (nSPS) is 11.8. The van der Waals surface area contributed by atoms with Gasteiger partial charge < -0.3 is 30.1 Å². The van der Waals surface area contributed by atoms with E-state index in [2.05, 4.69) is 18.7 Å². The molecule has 1 unspecified atom stereocenters. The lowest BCUT2D eigenvalue weighted by Gasteiger charge is -2.19. The van der Waals surface area contributed by atoms with Crippen LogP contribution < -0.4 is 0 Å². The number of hydrogen-bond donors (Lipinski definition) is 4. The van der Waals surface area contributed by atoms with Gasteiger partial charge in [0.05, 0.1) is 18.8 Å². The summed E-state index contributed by atoms with van der Waals surface area (Å²) in [6.07, 6.45) is -1.52. The van der Waals surface area contributed by atoms with Crippen LogP contribution in [-0.4, -0.2) is 81.0 Å². The molecule has 0 aromatic heterocycles. The molecule has 1 aromatic rings. The molecule has 0 amide bonds. The number of aliphatic carboxylic acids is 3. The molecule has 0 aliphatic heterocycles. The van der Waals surface area contributed by atoms with Crippen molar-refractivity contribution in [3.8, 4) is 0 Å². The first-order valence-corrected chi connectivity index (χ1v) is 10.3. The van der Waals surface area contributed by atoms with Gasteiger partial charge in [-0.15, -0.1) is 0 Å². The van der Waals surface area contributed by atoms with E-state index in [-0.39, 0.29) is 11.9 Å². The Bertz CT molecular complexity index is 716. The Kier molecular flexibility index (Phi) is 13.5. The molecule has 1 atom stereocenters. The second-order valence-corrected chi connectivity index (χ2v) is 7.04. The molecule has 0 saturated heterocycles. The molecule has 32 heavy (non-hydrogen) atoms. The van der Waals surface area contributed by atoms with Gasteiger partial charge in [0.1, 0.15) is 6.61 Å². The molecule has 1 aromatic carbocycles. The summed E-state index contributed by atoms with van der Waals surface area (Å²) in [6, 6.07) is 9.85. The smallest absolute Gasteiger partial charge is 0.336 e. The minimum atomic E-state index is -2.74. The number of esters is 1. The van der Waals surface area contributed by atoms with Crippen LogP contribution in [0.1, 0.15) is 51.5 Å². The number of carbonyl (C=O) groups is 4. The molecule has 0 aliphatic rings. The highest BCUT2D eigenvalue weighted by Gasteiger charge is 2.40. The van der Waals surface area contributed by atoms with Crippen LogP contribution in [-0.2, 0) is 23.9 Å². The largest absolute Gasteiger partial charge is 0.481 e. The van der Waals surface area contributed by atoms with Gasteiger partial charge in [0.15, 0.2) is 5.60 Å². The van der Waals surface area contributed by atoms with E-state index in [4.69, 9.17) is 25.2 Å². The highest BCUT2D eigenvalue weighted by Crippen LogP contribution is 2.20. The summed E-state index contributed by atoms with van der Waals surface area (Å²) in [4.78, 5) is 44.8. The highest BCUT2D eigenvalue weighted by atomic mass is 16.5. The Balaban J connectivity index is 0.000000649. The van der Waals surface area contributed by atoms with Crippen molar-refractivity contribution in [3.05, 3.63) is 35.9 Å². The fourth-order valence-electron chi connectivity index (χ4n) is 2.85. The quantitative estimate of drug-likeness (QED) is 0.323. The van der Waals surface area contributed by atoms with Crippen molar-refractivity contribution in [2.24, 2.45) is 0 Å². The zero-order valence-corrected chi connectivity index (χ0v) is 18.7. The lowest BCUT2D eigenvalue weighted by molar-refractivity contribution is -0.170. The van der Waals surface area contributed by atoms with E-state index in [1.165, 1.54) is 0 Å². The van der Waals surface area contributed by atoms with E-state index in [9.17, 15) is 19.2 Å². The number of aliphatic hydroxyl groups is 1. The average molecular weight is 456 g/mol. The van der Waals surface area contributed by atoms with E-state index in [0.717, 1.165) is 31.6 Å². The van der Waals surface area contributed by atoms with E-state index in [1.807, 2.05) is 37.3 Å². The lowest BCUT2D eigenvalue weighted by Crippen LogP contribution is -2.42. The Hall–Kier alpha value is -2.98. The number of carboxylic acids is 3. The Morgan fingerprint density at radius 1 is 0.938 bits per heavy atom. The third kappa shape index (κ3) is 10.9. The number of benzene rings is 1.